The van der Waals surface area contributed by atoms with Crippen LogP contribution < -0.4 is 10.6 Å². The molecule has 0 aliphatic heterocycles. The second kappa shape index (κ2) is 6.93. The molecular weight excluding hydrogens is 256 g/mol. The lowest BCUT2D eigenvalue weighted by atomic mass is 9.99. The summed E-state index contributed by atoms with van der Waals surface area (Å²) in [7, 11) is 0. The van der Waals surface area contributed by atoms with Gasteiger partial charge in [0.05, 0.1) is 0 Å². The van der Waals surface area contributed by atoms with Gasteiger partial charge in [0.2, 0.25) is 0 Å². The van der Waals surface area contributed by atoms with E-state index in [4.69, 9.17) is 5.11 Å². The van der Waals surface area contributed by atoms with Crippen LogP contribution in [0.2, 0.25) is 0 Å². The zero-order chi connectivity index (χ0) is 15.2. The molecule has 5 nitrogen and oxygen atoms in total. The van der Waals surface area contributed by atoms with Gasteiger partial charge in [-0.2, -0.15) is 0 Å². The third kappa shape index (κ3) is 5.73. The van der Waals surface area contributed by atoms with Crippen molar-refractivity contribution in [3.8, 4) is 0 Å². The lowest BCUT2D eigenvalue weighted by Crippen LogP contribution is -2.45. The number of carboxylic acid groups (broad SMARTS) is 1. The van der Waals surface area contributed by atoms with Gasteiger partial charge < -0.3 is 15.7 Å². The third-order valence-electron chi connectivity index (χ3n) is 3.01. The van der Waals surface area contributed by atoms with Gasteiger partial charge in [-0.05, 0) is 44.4 Å². The summed E-state index contributed by atoms with van der Waals surface area (Å²) in [5.74, 6) is -0.865. The van der Waals surface area contributed by atoms with E-state index in [0.717, 1.165) is 17.7 Å². The van der Waals surface area contributed by atoms with Gasteiger partial charge in [-0.25, -0.2) is 4.79 Å². The van der Waals surface area contributed by atoms with Crippen molar-refractivity contribution in [2.45, 2.75) is 45.6 Å². The molecule has 1 rings (SSSR count). The number of rotatable bonds is 6. The lowest BCUT2D eigenvalue weighted by Gasteiger charge is -2.25. The van der Waals surface area contributed by atoms with Gasteiger partial charge in [0, 0.05) is 17.6 Å². The Morgan fingerprint density at radius 2 is 2.00 bits per heavy atom. The number of anilines is 1. The van der Waals surface area contributed by atoms with Crippen LogP contribution in [-0.4, -0.2) is 22.6 Å². The number of hydrogen-bond donors (Lipinski definition) is 3. The second-order valence-corrected chi connectivity index (χ2v) is 5.41. The van der Waals surface area contributed by atoms with Crippen LogP contribution in [-0.2, 0) is 11.2 Å². The highest BCUT2D eigenvalue weighted by Crippen LogP contribution is 2.14. The molecule has 5 heteroatoms. The van der Waals surface area contributed by atoms with Gasteiger partial charge in [-0.1, -0.05) is 19.1 Å². The average molecular weight is 278 g/mol. The number of carbonyl (C=O) groups is 2. The van der Waals surface area contributed by atoms with Crippen LogP contribution in [0.25, 0.3) is 0 Å². The van der Waals surface area contributed by atoms with Gasteiger partial charge in [-0.3, -0.25) is 4.79 Å². The Hall–Kier alpha value is -2.04. The summed E-state index contributed by atoms with van der Waals surface area (Å²) in [6.07, 6.45) is 1.31. The Balaban J connectivity index is 2.55. The minimum absolute atomic E-state index is 0.0264. The SMILES string of the molecule is CCc1cccc(NC(=O)NC(C)(C)CCC(=O)O)c1. The van der Waals surface area contributed by atoms with Crippen molar-refractivity contribution in [3.63, 3.8) is 0 Å². The molecule has 0 aliphatic rings. The first kappa shape index (κ1) is 16.0. The fourth-order valence-corrected chi connectivity index (χ4v) is 1.82. The number of hydrogen-bond acceptors (Lipinski definition) is 2. The first-order valence-electron chi connectivity index (χ1n) is 6.72. The zero-order valence-electron chi connectivity index (χ0n) is 12.2. The van der Waals surface area contributed by atoms with E-state index in [1.165, 1.54) is 0 Å². The van der Waals surface area contributed by atoms with Crippen LogP contribution in [0.4, 0.5) is 10.5 Å². The van der Waals surface area contributed by atoms with Gasteiger partial charge in [0.15, 0.2) is 0 Å². The van der Waals surface area contributed by atoms with E-state index in [-0.39, 0.29) is 12.5 Å². The maximum absolute atomic E-state index is 11.9. The highest BCUT2D eigenvalue weighted by atomic mass is 16.4. The Morgan fingerprint density at radius 1 is 1.30 bits per heavy atom. The number of nitrogens with one attached hydrogen (secondary N) is 2. The monoisotopic (exact) mass is 278 g/mol. The van der Waals surface area contributed by atoms with Crippen molar-refractivity contribution in [2.24, 2.45) is 0 Å². The average Bonchev–Trinajstić information content (AvgIpc) is 2.36. The van der Waals surface area contributed by atoms with Crippen molar-refractivity contribution < 1.29 is 14.7 Å². The molecule has 0 atom stereocenters. The second-order valence-electron chi connectivity index (χ2n) is 5.41. The molecule has 0 unspecified atom stereocenters. The number of aryl methyl sites for hydroxylation is 1. The van der Waals surface area contributed by atoms with E-state index in [1.54, 1.807) is 13.8 Å². The molecule has 20 heavy (non-hydrogen) atoms. The molecule has 0 aromatic heterocycles. The van der Waals surface area contributed by atoms with Crippen molar-refractivity contribution in [1.82, 2.24) is 5.32 Å². The first-order chi connectivity index (χ1) is 9.32. The van der Waals surface area contributed by atoms with E-state index in [9.17, 15) is 9.59 Å². The molecule has 0 saturated carbocycles. The summed E-state index contributed by atoms with van der Waals surface area (Å²) >= 11 is 0. The highest BCUT2D eigenvalue weighted by molar-refractivity contribution is 5.89. The fraction of sp³-hybridized carbons (Fsp3) is 0.467. The lowest BCUT2D eigenvalue weighted by molar-refractivity contribution is -0.137. The zero-order valence-corrected chi connectivity index (χ0v) is 12.2. The molecule has 110 valence electrons. The Morgan fingerprint density at radius 3 is 2.60 bits per heavy atom. The molecule has 0 fully saturated rings. The number of amides is 2. The van der Waals surface area contributed by atoms with Crippen LogP contribution in [0.3, 0.4) is 0 Å². The van der Waals surface area contributed by atoms with Crippen LogP contribution in [0.1, 0.15) is 39.2 Å². The molecule has 0 spiro atoms. The summed E-state index contributed by atoms with van der Waals surface area (Å²) in [5.41, 5.74) is 1.31. The summed E-state index contributed by atoms with van der Waals surface area (Å²) < 4.78 is 0. The van der Waals surface area contributed by atoms with Crippen LogP contribution in [0, 0.1) is 0 Å². The van der Waals surface area contributed by atoms with E-state index >= 15 is 0 Å². The number of benzene rings is 1. The van der Waals surface area contributed by atoms with Gasteiger partial charge in [0.25, 0.3) is 0 Å². The first-order valence-corrected chi connectivity index (χ1v) is 6.72. The van der Waals surface area contributed by atoms with E-state index in [1.807, 2.05) is 31.2 Å². The topological polar surface area (TPSA) is 78.4 Å². The Kier molecular flexibility index (Phi) is 5.55. The summed E-state index contributed by atoms with van der Waals surface area (Å²) in [6.45, 7) is 5.66. The van der Waals surface area contributed by atoms with Crippen molar-refractivity contribution in [1.29, 1.82) is 0 Å². The largest absolute Gasteiger partial charge is 0.481 e. The van der Waals surface area contributed by atoms with Gasteiger partial charge in [0.1, 0.15) is 0 Å². The van der Waals surface area contributed by atoms with Crippen molar-refractivity contribution in [2.75, 3.05) is 5.32 Å². The van der Waals surface area contributed by atoms with Crippen LogP contribution in [0.15, 0.2) is 24.3 Å². The molecule has 1 aromatic carbocycles. The number of carbonyl (C=O) groups excluding carboxylic acids is 1. The minimum Gasteiger partial charge on any atom is -0.481 e. The fourth-order valence-electron chi connectivity index (χ4n) is 1.82. The smallest absolute Gasteiger partial charge is 0.319 e. The number of aliphatic carboxylic acids is 1. The maximum atomic E-state index is 11.9. The predicted molar refractivity (Wildman–Crippen MR) is 78.9 cm³/mol. The molecule has 0 aliphatic carbocycles. The summed E-state index contributed by atoms with van der Waals surface area (Å²) in [4.78, 5) is 22.5. The van der Waals surface area contributed by atoms with Gasteiger partial charge in [-0.15, -0.1) is 0 Å². The normalized spacial score (nSPS) is 10.9. The Bertz CT molecular complexity index is 484. The van der Waals surface area contributed by atoms with Crippen LogP contribution >= 0.6 is 0 Å². The summed E-state index contributed by atoms with van der Waals surface area (Å²) in [5, 5.41) is 14.2. The Labute approximate surface area is 119 Å². The van der Waals surface area contributed by atoms with Gasteiger partial charge >= 0.3 is 12.0 Å². The predicted octanol–water partition coefficient (Wildman–Crippen LogP) is 3.01. The molecule has 0 heterocycles. The molecule has 0 bridgehead atoms. The molecule has 1 aromatic rings. The molecule has 0 radical (unpaired) electrons. The molecule has 3 N–H and O–H groups in total. The number of urea groups is 1. The van der Waals surface area contributed by atoms with Crippen molar-refractivity contribution >= 4 is 17.7 Å². The number of carboxylic acids is 1. The molecule has 2 amide bonds. The molecular formula is C15H22N2O3. The summed E-state index contributed by atoms with van der Waals surface area (Å²) in [6, 6.07) is 7.31. The van der Waals surface area contributed by atoms with E-state index in [2.05, 4.69) is 10.6 Å². The minimum atomic E-state index is -0.865. The standard InChI is InChI=1S/C15H22N2O3/c1-4-11-6-5-7-12(10-11)16-14(20)17-15(2,3)9-8-13(18)19/h5-7,10H,4,8-9H2,1-3H3,(H,18,19)(H2,16,17,20). The van der Waals surface area contributed by atoms with Crippen molar-refractivity contribution in [3.05, 3.63) is 29.8 Å². The maximum Gasteiger partial charge on any atom is 0.319 e. The van der Waals surface area contributed by atoms with E-state index < -0.39 is 11.5 Å². The third-order valence-corrected chi connectivity index (χ3v) is 3.01. The molecule has 0 saturated heterocycles. The van der Waals surface area contributed by atoms with Crippen LogP contribution in [0.5, 0.6) is 0 Å². The quantitative estimate of drug-likeness (QED) is 0.748. The highest BCUT2D eigenvalue weighted by Gasteiger charge is 2.21. The van der Waals surface area contributed by atoms with E-state index in [0.29, 0.717) is 6.42 Å².